The molecule has 1 fully saturated rings. The highest BCUT2D eigenvalue weighted by Crippen LogP contribution is 2.29. The maximum absolute atomic E-state index is 5.86. The van der Waals surface area contributed by atoms with Gasteiger partial charge in [-0.3, -0.25) is 0 Å². The first-order chi connectivity index (χ1) is 7.86. The third kappa shape index (κ3) is 3.24. The molecule has 0 aliphatic heterocycles. The van der Waals surface area contributed by atoms with Crippen molar-refractivity contribution in [3.05, 3.63) is 29.8 Å². The predicted octanol–water partition coefficient (Wildman–Crippen LogP) is 3.02. The lowest BCUT2D eigenvalue weighted by atomic mass is 9.83. The molecule has 88 valence electrons. The predicted molar refractivity (Wildman–Crippen MR) is 67.3 cm³/mol. The van der Waals surface area contributed by atoms with E-state index in [2.05, 4.69) is 6.07 Å². The fourth-order valence-corrected chi connectivity index (χ4v) is 2.08. The molecule has 16 heavy (non-hydrogen) atoms. The number of hydrogen-bond donors (Lipinski definition) is 1. The molecule has 1 aliphatic rings. The van der Waals surface area contributed by atoms with E-state index in [0.717, 1.165) is 31.2 Å². The van der Waals surface area contributed by atoms with E-state index in [1.165, 1.54) is 31.2 Å². The largest absolute Gasteiger partial charge is 0.399 e. The van der Waals surface area contributed by atoms with Gasteiger partial charge in [0.05, 0.1) is 6.61 Å². The summed E-state index contributed by atoms with van der Waals surface area (Å²) in [7, 11) is 0. The number of nitrogens with two attached hydrogens (primary N) is 1. The summed E-state index contributed by atoms with van der Waals surface area (Å²) in [5.74, 6) is 0.946. The van der Waals surface area contributed by atoms with Crippen LogP contribution in [0.3, 0.4) is 0 Å². The SMILES string of the molecule is Nc1ccccc1CCOCCC1CCC1. The first kappa shape index (κ1) is 11.5. The van der Waals surface area contributed by atoms with Crippen LogP contribution in [0.25, 0.3) is 0 Å². The van der Waals surface area contributed by atoms with E-state index in [4.69, 9.17) is 10.5 Å². The van der Waals surface area contributed by atoms with Crippen LogP contribution in [0.4, 0.5) is 5.69 Å². The Balaban J connectivity index is 1.58. The Hall–Kier alpha value is -1.02. The van der Waals surface area contributed by atoms with Gasteiger partial charge in [-0.05, 0) is 30.4 Å². The Bertz CT molecular complexity index is 320. The van der Waals surface area contributed by atoms with Crippen molar-refractivity contribution in [2.24, 2.45) is 5.92 Å². The first-order valence-electron chi connectivity index (χ1n) is 6.27. The Morgan fingerprint density at radius 1 is 1.19 bits per heavy atom. The van der Waals surface area contributed by atoms with Gasteiger partial charge < -0.3 is 10.5 Å². The topological polar surface area (TPSA) is 35.2 Å². The number of para-hydroxylation sites is 1. The van der Waals surface area contributed by atoms with Crippen LogP contribution in [0.2, 0.25) is 0 Å². The zero-order valence-corrected chi connectivity index (χ0v) is 9.82. The smallest absolute Gasteiger partial charge is 0.0507 e. The van der Waals surface area contributed by atoms with Gasteiger partial charge in [0.15, 0.2) is 0 Å². The summed E-state index contributed by atoms with van der Waals surface area (Å²) in [5, 5.41) is 0. The number of ether oxygens (including phenoxy) is 1. The maximum atomic E-state index is 5.86. The number of nitrogen functional groups attached to an aromatic ring is 1. The number of benzene rings is 1. The number of anilines is 1. The molecule has 2 rings (SSSR count). The van der Waals surface area contributed by atoms with Crippen molar-refractivity contribution >= 4 is 5.69 Å². The van der Waals surface area contributed by atoms with E-state index >= 15 is 0 Å². The Morgan fingerprint density at radius 3 is 2.69 bits per heavy atom. The lowest BCUT2D eigenvalue weighted by Crippen LogP contribution is -2.14. The minimum atomic E-state index is 0.793. The fraction of sp³-hybridized carbons (Fsp3) is 0.571. The van der Waals surface area contributed by atoms with Crippen molar-refractivity contribution < 1.29 is 4.74 Å². The summed E-state index contributed by atoms with van der Waals surface area (Å²) in [5.41, 5.74) is 7.94. The minimum Gasteiger partial charge on any atom is -0.399 e. The molecule has 0 spiro atoms. The molecule has 2 heteroatoms. The standard InChI is InChI=1S/C14H21NO/c15-14-7-2-1-6-13(14)9-11-16-10-8-12-4-3-5-12/h1-2,6-7,12H,3-5,8-11,15H2. The van der Waals surface area contributed by atoms with E-state index < -0.39 is 0 Å². The van der Waals surface area contributed by atoms with Crippen LogP contribution >= 0.6 is 0 Å². The van der Waals surface area contributed by atoms with Crippen molar-refractivity contribution in [1.82, 2.24) is 0 Å². The van der Waals surface area contributed by atoms with Crippen molar-refractivity contribution in [1.29, 1.82) is 0 Å². The van der Waals surface area contributed by atoms with Gasteiger partial charge in [0.25, 0.3) is 0 Å². The summed E-state index contributed by atoms with van der Waals surface area (Å²) in [6.07, 6.45) is 6.41. The van der Waals surface area contributed by atoms with Crippen LogP contribution in [0.1, 0.15) is 31.2 Å². The van der Waals surface area contributed by atoms with Crippen molar-refractivity contribution in [2.75, 3.05) is 18.9 Å². The second-order valence-electron chi connectivity index (χ2n) is 4.65. The molecule has 1 saturated carbocycles. The van der Waals surface area contributed by atoms with Crippen LogP contribution in [-0.2, 0) is 11.2 Å². The summed E-state index contributed by atoms with van der Waals surface area (Å²) in [4.78, 5) is 0. The molecule has 1 aromatic carbocycles. The summed E-state index contributed by atoms with van der Waals surface area (Å²) < 4.78 is 5.64. The molecule has 0 saturated heterocycles. The molecule has 0 bridgehead atoms. The van der Waals surface area contributed by atoms with E-state index in [-0.39, 0.29) is 0 Å². The zero-order valence-electron chi connectivity index (χ0n) is 9.82. The molecule has 2 nitrogen and oxygen atoms in total. The minimum absolute atomic E-state index is 0.793. The monoisotopic (exact) mass is 219 g/mol. The van der Waals surface area contributed by atoms with Gasteiger partial charge in [-0.25, -0.2) is 0 Å². The average Bonchev–Trinajstić information content (AvgIpc) is 2.23. The van der Waals surface area contributed by atoms with E-state index in [0.29, 0.717) is 0 Å². The maximum Gasteiger partial charge on any atom is 0.0507 e. The highest BCUT2D eigenvalue weighted by Gasteiger charge is 2.16. The van der Waals surface area contributed by atoms with Crippen LogP contribution < -0.4 is 5.73 Å². The molecular weight excluding hydrogens is 198 g/mol. The molecule has 0 atom stereocenters. The second-order valence-corrected chi connectivity index (χ2v) is 4.65. The van der Waals surface area contributed by atoms with Crippen molar-refractivity contribution in [2.45, 2.75) is 32.1 Å². The molecule has 0 heterocycles. The lowest BCUT2D eigenvalue weighted by Gasteiger charge is -2.24. The molecular formula is C14H21NO. The third-order valence-electron chi connectivity index (χ3n) is 3.47. The molecule has 0 amide bonds. The van der Waals surface area contributed by atoms with E-state index in [1.807, 2.05) is 18.2 Å². The third-order valence-corrected chi connectivity index (χ3v) is 3.47. The van der Waals surface area contributed by atoms with Gasteiger partial charge in [-0.2, -0.15) is 0 Å². The first-order valence-corrected chi connectivity index (χ1v) is 6.27. The molecule has 0 radical (unpaired) electrons. The van der Waals surface area contributed by atoms with Crippen LogP contribution in [-0.4, -0.2) is 13.2 Å². The zero-order chi connectivity index (χ0) is 11.2. The molecule has 0 unspecified atom stereocenters. The quantitative estimate of drug-likeness (QED) is 0.589. The molecule has 1 aromatic rings. The Morgan fingerprint density at radius 2 is 2.00 bits per heavy atom. The van der Waals surface area contributed by atoms with Gasteiger partial charge in [-0.15, -0.1) is 0 Å². The van der Waals surface area contributed by atoms with Gasteiger partial charge in [0.2, 0.25) is 0 Å². The van der Waals surface area contributed by atoms with E-state index in [9.17, 15) is 0 Å². The summed E-state index contributed by atoms with van der Waals surface area (Å²) >= 11 is 0. The molecule has 2 N–H and O–H groups in total. The summed E-state index contributed by atoms with van der Waals surface area (Å²) in [6, 6.07) is 8.02. The summed E-state index contributed by atoms with van der Waals surface area (Å²) in [6.45, 7) is 1.71. The normalized spacial score (nSPS) is 16.0. The van der Waals surface area contributed by atoms with Gasteiger partial charge in [-0.1, -0.05) is 37.5 Å². The van der Waals surface area contributed by atoms with Gasteiger partial charge in [0.1, 0.15) is 0 Å². The number of rotatable bonds is 6. The highest BCUT2D eigenvalue weighted by molar-refractivity contribution is 5.46. The highest BCUT2D eigenvalue weighted by atomic mass is 16.5. The van der Waals surface area contributed by atoms with Crippen molar-refractivity contribution in [3.8, 4) is 0 Å². The molecule has 0 aromatic heterocycles. The average molecular weight is 219 g/mol. The van der Waals surface area contributed by atoms with Gasteiger partial charge >= 0.3 is 0 Å². The Kier molecular flexibility index (Phi) is 4.23. The van der Waals surface area contributed by atoms with Crippen LogP contribution in [0, 0.1) is 5.92 Å². The van der Waals surface area contributed by atoms with Crippen molar-refractivity contribution in [3.63, 3.8) is 0 Å². The van der Waals surface area contributed by atoms with Crippen LogP contribution in [0.15, 0.2) is 24.3 Å². The fourth-order valence-electron chi connectivity index (χ4n) is 2.08. The van der Waals surface area contributed by atoms with Crippen LogP contribution in [0.5, 0.6) is 0 Å². The lowest BCUT2D eigenvalue weighted by molar-refractivity contribution is 0.109. The van der Waals surface area contributed by atoms with Gasteiger partial charge in [0, 0.05) is 12.3 Å². The second kappa shape index (κ2) is 5.90. The van der Waals surface area contributed by atoms with E-state index in [1.54, 1.807) is 0 Å². The molecule has 1 aliphatic carbocycles. The Labute approximate surface area is 97.8 Å². The number of hydrogen-bond acceptors (Lipinski definition) is 2.